The van der Waals surface area contributed by atoms with Gasteiger partial charge in [-0.15, -0.1) is 0 Å². The molecule has 3 aromatic rings. The molecule has 7 heteroatoms. The maximum absolute atomic E-state index is 13.7. The quantitative estimate of drug-likeness (QED) is 0.681. The second kappa shape index (κ2) is 7.22. The van der Waals surface area contributed by atoms with Crippen LogP contribution < -0.4 is 4.72 Å². The van der Waals surface area contributed by atoms with Crippen LogP contribution in [0.2, 0.25) is 0 Å². The number of halogens is 1. The van der Waals surface area contributed by atoms with Crippen LogP contribution in [0.4, 0.5) is 4.39 Å². The molecule has 1 unspecified atom stereocenters. The van der Waals surface area contributed by atoms with Gasteiger partial charge in [-0.05, 0) is 73.6 Å². The Labute approximate surface area is 175 Å². The largest absolute Gasteiger partial charge is 0.340 e. The summed E-state index contributed by atoms with van der Waals surface area (Å²) in [6.07, 6.45) is 3.54. The van der Waals surface area contributed by atoms with Gasteiger partial charge in [0.15, 0.2) is 0 Å². The van der Waals surface area contributed by atoms with Crippen LogP contribution in [0.15, 0.2) is 42.5 Å². The highest BCUT2D eigenvalue weighted by molar-refractivity contribution is 7.90. The third-order valence-corrected chi connectivity index (χ3v) is 8.13. The molecule has 1 heterocycles. The van der Waals surface area contributed by atoms with Crippen LogP contribution >= 0.6 is 0 Å². The van der Waals surface area contributed by atoms with E-state index in [1.165, 1.54) is 12.1 Å². The van der Waals surface area contributed by atoms with Crippen molar-refractivity contribution < 1.29 is 12.8 Å². The Morgan fingerprint density at radius 3 is 2.73 bits per heavy atom. The van der Waals surface area contributed by atoms with Gasteiger partial charge in [-0.1, -0.05) is 12.1 Å². The molecule has 1 aromatic heterocycles. The highest BCUT2D eigenvalue weighted by Crippen LogP contribution is 2.35. The van der Waals surface area contributed by atoms with Gasteiger partial charge in [-0.25, -0.2) is 17.5 Å². The standard InChI is InChI=1S/C23H22FN3O2S/c24-17-3-1-2-16(10-17)14-27-22-8-4-15(13-25)11-20(22)21-12-18(5-9-23(21)27)26-30(28,29)19-6-7-19/h1-4,8,10-11,18-19,26H,5-7,9,12,14H2. The van der Waals surface area contributed by atoms with E-state index in [0.29, 0.717) is 18.5 Å². The summed E-state index contributed by atoms with van der Waals surface area (Å²) in [7, 11) is -3.25. The van der Waals surface area contributed by atoms with Gasteiger partial charge in [0.05, 0.1) is 16.9 Å². The zero-order chi connectivity index (χ0) is 20.9. The molecule has 1 saturated carbocycles. The van der Waals surface area contributed by atoms with Gasteiger partial charge in [0.2, 0.25) is 10.0 Å². The zero-order valence-electron chi connectivity index (χ0n) is 16.4. The molecular weight excluding hydrogens is 401 g/mol. The van der Waals surface area contributed by atoms with Crippen molar-refractivity contribution >= 4 is 20.9 Å². The molecule has 2 aromatic carbocycles. The van der Waals surface area contributed by atoms with E-state index in [4.69, 9.17) is 0 Å². The van der Waals surface area contributed by atoms with E-state index < -0.39 is 10.0 Å². The lowest BCUT2D eigenvalue weighted by Gasteiger charge is -2.25. The molecule has 0 saturated heterocycles. The Kier molecular flexibility index (Phi) is 4.64. The molecule has 154 valence electrons. The molecule has 0 aliphatic heterocycles. The summed E-state index contributed by atoms with van der Waals surface area (Å²) < 4.78 is 43.6. The monoisotopic (exact) mass is 423 g/mol. The molecule has 1 fully saturated rings. The summed E-state index contributed by atoms with van der Waals surface area (Å²) >= 11 is 0. The molecule has 0 amide bonds. The summed E-state index contributed by atoms with van der Waals surface area (Å²) in [6, 6.07) is 14.3. The average Bonchev–Trinajstić information content (AvgIpc) is 3.54. The van der Waals surface area contributed by atoms with E-state index >= 15 is 0 Å². The maximum atomic E-state index is 13.7. The van der Waals surface area contributed by atoms with Gasteiger partial charge in [-0.2, -0.15) is 5.26 Å². The van der Waals surface area contributed by atoms with Crippen LogP contribution in [-0.2, 0) is 29.4 Å². The van der Waals surface area contributed by atoms with Crippen LogP contribution in [0, 0.1) is 17.1 Å². The molecule has 0 radical (unpaired) electrons. The Morgan fingerprint density at radius 2 is 2.00 bits per heavy atom. The lowest BCUT2D eigenvalue weighted by atomic mass is 9.91. The Balaban J connectivity index is 1.55. The van der Waals surface area contributed by atoms with Crippen LogP contribution in [-0.4, -0.2) is 24.3 Å². The van der Waals surface area contributed by atoms with Crippen molar-refractivity contribution in [1.29, 1.82) is 5.26 Å². The van der Waals surface area contributed by atoms with Crippen molar-refractivity contribution in [2.24, 2.45) is 0 Å². The zero-order valence-corrected chi connectivity index (χ0v) is 17.3. The van der Waals surface area contributed by atoms with E-state index in [0.717, 1.165) is 53.4 Å². The lowest BCUT2D eigenvalue weighted by molar-refractivity contribution is 0.498. The molecule has 30 heavy (non-hydrogen) atoms. The number of hydrogen-bond donors (Lipinski definition) is 1. The van der Waals surface area contributed by atoms with Gasteiger partial charge in [0.25, 0.3) is 0 Å². The van der Waals surface area contributed by atoms with Gasteiger partial charge in [-0.3, -0.25) is 0 Å². The molecule has 2 aliphatic carbocycles. The summed E-state index contributed by atoms with van der Waals surface area (Å²) in [6.45, 7) is 0.536. The first-order valence-electron chi connectivity index (χ1n) is 10.2. The molecular formula is C23H22FN3O2S. The fraction of sp³-hybridized carbons (Fsp3) is 0.348. The predicted octanol–water partition coefficient (Wildman–Crippen LogP) is 3.64. The van der Waals surface area contributed by atoms with E-state index in [1.807, 2.05) is 18.2 Å². The smallest absolute Gasteiger partial charge is 0.214 e. The highest BCUT2D eigenvalue weighted by atomic mass is 32.2. The van der Waals surface area contributed by atoms with Gasteiger partial charge < -0.3 is 4.57 Å². The van der Waals surface area contributed by atoms with Crippen molar-refractivity contribution in [3.8, 4) is 6.07 Å². The molecule has 0 bridgehead atoms. The highest BCUT2D eigenvalue weighted by Gasteiger charge is 2.38. The average molecular weight is 424 g/mol. The Bertz CT molecular complexity index is 1290. The number of sulfonamides is 1. The summed E-state index contributed by atoms with van der Waals surface area (Å²) in [5, 5.41) is 10.1. The van der Waals surface area contributed by atoms with Crippen LogP contribution in [0.3, 0.4) is 0 Å². The SMILES string of the molecule is N#Cc1ccc2c(c1)c1c(n2Cc2cccc(F)c2)CCC(NS(=O)(=O)C2CC2)C1. The van der Waals surface area contributed by atoms with Gasteiger partial charge in [0, 0.05) is 29.2 Å². The fourth-order valence-corrected chi connectivity index (χ4v) is 6.14. The van der Waals surface area contributed by atoms with Crippen molar-refractivity contribution in [2.75, 3.05) is 0 Å². The fourth-order valence-electron chi connectivity index (χ4n) is 4.53. The lowest BCUT2D eigenvalue weighted by Crippen LogP contribution is -2.40. The van der Waals surface area contributed by atoms with Crippen molar-refractivity contribution in [3.63, 3.8) is 0 Å². The molecule has 5 rings (SSSR count). The van der Waals surface area contributed by atoms with E-state index in [9.17, 15) is 18.1 Å². The van der Waals surface area contributed by atoms with E-state index in [2.05, 4.69) is 15.4 Å². The van der Waals surface area contributed by atoms with Gasteiger partial charge >= 0.3 is 0 Å². The number of nitrogens with one attached hydrogen (secondary N) is 1. The number of rotatable bonds is 5. The number of hydrogen-bond acceptors (Lipinski definition) is 3. The molecule has 1 atom stereocenters. The number of fused-ring (bicyclic) bond motifs is 3. The number of benzene rings is 2. The molecule has 0 spiro atoms. The third kappa shape index (κ3) is 3.51. The number of aromatic nitrogens is 1. The summed E-state index contributed by atoms with van der Waals surface area (Å²) in [5.41, 5.74) is 4.68. The summed E-state index contributed by atoms with van der Waals surface area (Å²) in [5.74, 6) is -0.265. The first-order chi connectivity index (χ1) is 14.4. The number of nitriles is 1. The Hall–Kier alpha value is -2.69. The molecule has 1 N–H and O–H groups in total. The van der Waals surface area contributed by atoms with Crippen molar-refractivity contribution in [1.82, 2.24) is 9.29 Å². The molecule has 2 aliphatic rings. The number of nitrogens with zero attached hydrogens (tertiary/aromatic N) is 2. The minimum Gasteiger partial charge on any atom is -0.340 e. The minimum atomic E-state index is -3.25. The van der Waals surface area contributed by atoms with Crippen LogP contribution in [0.25, 0.3) is 10.9 Å². The third-order valence-electron chi connectivity index (χ3n) is 6.12. The van der Waals surface area contributed by atoms with Crippen LogP contribution in [0.5, 0.6) is 0 Å². The predicted molar refractivity (Wildman–Crippen MR) is 113 cm³/mol. The second-order valence-corrected chi connectivity index (χ2v) is 10.3. The second-order valence-electron chi connectivity index (χ2n) is 8.29. The van der Waals surface area contributed by atoms with Crippen molar-refractivity contribution in [2.45, 2.75) is 49.9 Å². The normalized spacial score (nSPS) is 18.9. The van der Waals surface area contributed by atoms with Crippen LogP contribution in [0.1, 0.15) is 41.6 Å². The maximum Gasteiger partial charge on any atom is 0.214 e. The first kappa shape index (κ1) is 19.3. The minimum absolute atomic E-state index is 0.137. The van der Waals surface area contributed by atoms with Crippen molar-refractivity contribution in [3.05, 3.63) is 70.7 Å². The van der Waals surface area contributed by atoms with E-state index in [1.54, 1.807) is 12.1 Å². The van der Waals surface area contributed by atoms with E-state index in [-0.39, 0.29) is 17.1 Å². The molecule has 5 nitrogen and oxygen atoms in total. The Morgan fingerprint density at radius 1 is 1.17 bits per heavy atom. The first-order valence-corrected chi connectivity index (χ1v) is 11.8. The topological polar surface area (TPSA) is 74.9 Å². The summed E-state index contributed by atoms with van der Waals surface area (Å²) in [4.78, 5) is 0. The van der Waals surface area contributed by atoms with Gasteiger partial charge in [0.1, 0.15) is 5.82 Å².